The molecule has 0 aliphatic rings. The number of benzene rings is 1. The van der Waals surface area contributed by atoms with Crippen LogP contribution in [-0.2, 0) is 16.1 Å². The van der Waals surface area contributed by atoms with Gasteiger partial charge in [0.1, 0.15) is 6.04 Å². The van der Waals surface area contributed by atoms with Gasteiger partial charge in [-0.3, -0.25) is 4.79 Å². The minimum atomic E-state index is -1.06. The summed E-state index contributed by atoms with van der Waals surface area (Å²) < 4.78 is 5.13. The molecule has 0 saturated carbocycles. The van der Waals surface area contributed by atoms with E-state index in [4.69, 9.17) is 27.2 Å². The van der Waals surface area contributed by atoms with Crippen LogP contribution in [0, 0.1) is 0 Å². The zero-order valence-corrected chi connectivity index (χ0v) is 8.78. The minimum Gasteiger partial charge on any atom is -0.480 e. The summed E-state index contributed by atoms with van der Waals surface area (Å²) in [4.78, 5) is 10.4. The van der Waals surface area contributed by atoms with Gasteiger partial charge in [0.2, 0.25) is 0 Å². The van der Waals surface area contributed by atoms with Gasteiger partial charge in [-0.05, 0) is 17.7 Å². The van der Waals surface area contributed by atoms with Gasteiger partial charge in [0, 0.05) is 5.02 Å². The van der Waals surface area contributed by atoms with E-state index >= 15 is 0 Å². The fourth-order valence-corrected chi connectivity index (χ4v) is 1.08. The van der Waals surface area contributed by atoms with Crippen molar-refractivity contribution in [3.05, 3.63) is 34.9 Å². The number of hydrogen-bond donors (Lipinski definition) is 2. The molecule has 15 heavy (non-hydrogen) atoms. The molecule has 4 nitrogen and oxygen atoms in total. The van der Waals surface area contributed by atoms with Crippen LogP contribution in [0.5, 0.6) is 0 Å². The Hall–Kier alpha value is -1.10. The van der Waals surface area contributed by atoms with E-state index in [0.717, 1.165) is 5.56 Å². The molecule has 0 unspecified atom stereocenters. The van der Waals surface area contributed by atoms with Gasteiger partial charge in [0.25, 0.3) is 0 Å². The van der Waals surface area contributed by atoms with Gasteiger partial charge in [0.05, 0.1) is 13.2 Å². The third kappa shape index (κ3) is 4.29. The average Bonchev–Trinajstić information content (AvgIpc) is 2.20. The van der Waals surface area contributed by atoms with E-state index in [-0.39, 0.29) is 6.61 Å². The quantitative estimate of drug-likeness (QED) is 0.798. The van der Waals surface area contributed by atoms with E-state index < -0.39 is 12.0 Å². The Bertz CT molecular complexity index is 326. The zero-order chi connectivity index (χ0) is 11.3. The highest BCUT2D eigenvalue weighted by molar-refractivity contribution is 6.30. The summed E-state index contributed by atoms with van der Waals surface area (Å²) in [6.07, 6.45) is 0. The van der Waals surface area contributed by atoms with Crippen molar-refractivity contribution in [1.29, 1.82) is 0 Å². The normalized spacial score (nSPS) is 12.4. The summed E-state index contributed by atoms with van der Waals surface area (Å²) in [7, 11) is 0. The second kappa shape index (κ2) is 5.70. The average molecular weight is 230 g/mol. The van der Waals surface area contributed by atoms with Gasteiger partial charge in [-0.25, -0.2) is 0 Å². The van der Waals surface area contributed by atoms with E-state index in [2.05, 4.69) is 0 Å². The Morgan fingerprint density at radius 2 is 2.07 bits per heavy atom. The predicted molar refractivity (Wildman–Crippen MR) is 56.7 cm³/mol. The predicted octanol–water partition coefficient (Wildman–Crippen LogP) is 1.27. The molecule has 0 aliphatic heterocycles. The first-order valence-electron chi connectivity index (χ1n) is 4.40. The van der Waals surface area contributed by atoms with Gasteiger partial charge in [0.15, 0.2) is 0 Å². The number of aliphatic carboxylic acids is 1. The second-order valence-electron chi connectivity index (χ2n) is 3.09. The summed E-state index contributed by atoms with van der Waals surface area (Å²) in [5.41, 5.74) is 6.19. The van der Waals surface area contributed by atoms with Gasteiger partial charge >= 0.3 is 5.97 Å². The van der Waals surface area contributed by atoms with E-state index in [0.29, 0.717) is 11.6 Å². The van der Waals surface area contributed by atoms with Crippen LogP contribution >= 0.6 is 11.6 Å². The summed E-state index contributed by atoms with van der Waals surface area (Å²) in [6, 6.07) is 6.15. The molecule has 0 aliphatic carbocycles. The Kier molecular flexibility index (Phi) is 4.55. The van der Waals surface area contributed by atoms with Crippen LogP contribution in [0.4, 0.5) is 0 Å². The maximum Gasteiger partial charge on any atom is 0.322 e. The van der Waals surface area contributed by atoms with Crippen molar-refractivity contribution in [3.8, 4) is 0 Å². The SMILES string of the molecule is N[C@@H](COCc1ccc(Cl)cc1)C(=O)O. The lowest BCUT2D eigenvalue weighted by atomic mass is 10.2. The molecular formula is C10H12ClNO3. The highest BCUT2D eigenvalue weighted by atomic mass is 35.5. The van der Waals surface area contributed by atoms with Gasteiger partial charge in [-0.1, -0.05) is 23.7 Å². The lowest BCUT2D eigenvalue weighted by Crippen LogP contribution is -2.34. The van der Waals surface area contributed by atoms with Crippen molar-refractivity contribution in [2.75, 3.05) is 6.61 Å². The Morgan fingerprint density at radius 3 is 2.60 bits per heavy atom. The number of hydrogen-bond acceptors (Lipinski definition) is 3. The summed E-state index contributed by atoms with van der Waals surface area (Å²) >= 11 is 5.70. The number of carboxylic acid groups (broad SMARTS) is 1. The monoisotopic (exact) mass is 229 g/mol. The third-order valence-corrected chi connectivity index (χ3v) is 2.05. The van der Waals surface area contributed by atoms with Crippen molar-refractivity contribution in [1.82, 2.24) is 0 Å². The number of carboxylic acids is 1. The molecule has 1 aromatic rings. The van der Waals surface area contributed by atoms with Crippen molar-refractivity contribution in [2.45, 2.75) is 12.6 Å². The van der Waals surface area contributed by atoms with E-state index in [9.17, 15) is 4.79 Å². The maximum atomic E-state index is 10.4. The van der Waals surface area contributed by atoms with Crippen LogP contribution in [0.15, 0.2) is 24.3 Å². The van der Waals surface area contributed by atoms with Crippen LogP contribution in [0.1, 0.15) is 5.56 Å². The zero-order valence-electron chi connectivity index (χ0n) is 8.02. The van der Waals surface area contributed by atoms with E-state index in [1.165, 1.54) is 0 Å². The molecule has 0 fully saturated rings. The minimum absolute atomic E-state index is 0.00202. The summed E-state index contributed by atoms with van der Waals surface area (Å²) in [5, 5.41) is 9.15. The molecule has 0 heterocycles. The highest BCUT2D eigenvalue weighted by Crippen LogP contribution is 2.10. The molecule has 0 bridgehead atoms. The lowest BCUT2D eigenvalue weighted by Gasteiger charge is -2.07. The van der Waals surface area contributed by atoms with Crippen LogP contribution in [0.25, 0.3) is 0 Å². The van der Waals surface area contributed by atoms with Crippen molar-refractivity contribution in [3.63, 3.8) is 0 Å². The number of halogens is 1. The topological polar surface area (TPSA) is 72.5 Å². The Labute approximate surface area is 92.6 Å². The molecule has 0 saturated heterocycles. The number of rotatable bonds is 5. The number of carbonyl (C=O) groups is 1. The molecule has 0 radical (unpaired) electrons. The standard InChI is InChI=1S/C10H12ClNO3/c11-8-3-1-7(2-4-8)5-15-6-9(12)10(13)14/h1-4,9H,5-6,12H2,(H,13,14)/t9-/m0/s1. The van der Waals surface area contributed by atoms with E-state index in [1.54, 1.807) is 12.1 Å². The van der Waals surface area contributed by atoms with Crippen LogP contribution in [0.3, 0.4) is 0 Å². The Morgan fingerprint density at radius 1 is 1.47 bits per heavy atom. The van der Waals surface area contributed by atoms with Gasteiger partial charge < -0.3 is 15.6 Å². The first kappa shape index (κ1) is 12.0. The molecular weight excluding hydrogens is 218 g/mol. The molecule has 3 N–H and O–H groups in total. The molecule has 5 heteroatoms. The first-order chi connectivity index (χ1) is 7.09. The van der Waals surface area contributed by atoms with Crippen LogP contribution in [-0.4, -0.2) is 23.7 Å². The Balaban J connectivity index is 2.32. The molecule has 0 amide bonds. The van der Waals surface area contributed by atoms with Crippen LogP contribution in [0.2, 0.25) is 5.02 Å². The maximum absolute atomic E-state index is 10.4. The molecule has 0 spiro atoms. The molecule has 0 aromatic heterocycles. The smallest absolute Gasteiger partial charge is 0.322 e. The largest absolute Gasteiger partial charge is 0.480 e. The second-order valence-corrected chi connectivity index (χ2v) is 3.52. The fourth-order valence-electron chi connectivity index (χ4n) is 0.956. The van der Waals surface area contributed by atoms with Crippen molar-refractivity contribution >= 4 is 17.6 Å². The van der Waals surface area contributed by atoms with Gasteiger partial charge in [-0.15, -0.1) is 0 Å². The molecule has 1 aromatic carbocycles. The third-order valence-electron chi connectivity index (χ3n) is 1.80. The fraction of sp³-hybridized carbons (Fsp3) is 0.300. The summed E-state index contributed by atoms with van der Waals surface area (Å²) in [5.74, 6) is -1.06. The number of nitrogens with two attached hydrogens (primary N) is 1. The number of ether oxygens (including phenoxy) is 1. The lowest BCUT2D eigenvalue weighted by molar-refractivity contribution is -0.140. The molecule has 82 valence electrons. The summed E-state index contributed by atoms with van der Waals surface area (Å²) in [6.45, 7) is 0.329. The van der Waals surface area contributed by atoms with Crippen molar-refractivity contribution < 1.29 is 14.6 Å². The highest BCUT2D eigenvalue weighted by Gasteiger charge is 2.10. The van der Waals surface area contributed by atoms with Gasteiger partial charge in [-0.2, -0.15) is 0 Å². The molecule has 1 atom stereocenters. The first-order valence-corrected chi connectivity index (χ1v) is 4.78. The van der Waals surface area contributed by atoms with Crippen LogP contribution < -0.4 is 5.73 Å². The molecule has 1 rings (SSSR count). The van der Waals surface area contributed by atoms with Crippen molar-refractivity contribution in [2.24, 2.45) is 5.73 Å². The van der Waals surface area contributed by atoms with E-state index in [1.807, 2.05) is 12.1 Å².